The number of carbonyl (C=O) groups excluding carboxylic acids is 1. The van der Waals surface area contributed by atoms with E-state index < -0.39 is 37.2 Å². The van der Waals surface area contributed by atoms with E-state index in [1.807, 2.05) is 0 Å². The maximum Gasteiger partial charge on any atom is 0.391 e. The Morgan fingerprint density at radius 2 is 2.04 bits per heavy atom. The summed E-state index contributed by atoms with van der Waals surface area (Å²) in [6.07, 6.45) is -2.17. The summed E-state index contributed by atoms with van der Waals surface area (Å²) < 4.78 is 41.6. The number of piperidine rings is 1. The van der Waals surface area contributed by atoms with Crippen LogP contribution in [0, 0.1) is 0 Å². The molecule has 1 saturated heterocycles. The molecule has 1 aliphatic heterocycles. The molecule has 0 radical (unpaired) electrons. The number of halogens is 3. The third-order valence-electron chi connectivity index (χ3n) is 3.64. The Hall–Kier alpha value is -2.16. The van der Waals surface area contributed by atoms with Crippen LogP contribution in [0.2, 0.25) is 0 Å². The first-order valence-electron chi connectivity index (χ1n) is 7.42. The lowest BCUT2D eigenvalue weighted by molar-refractivity contribution is -0.150. The zero-order valence-corrected chi connectivity index (χ0v) is 12.8. The average Bonchev–Trinajstić information content (AvgIpc) is 2.53. The van der Waals surface area contributed by atoms with Crippen molar-refractivity contribution in [2.45, 2.75) is 31.5 Å². The summed E-state index contributed by atoms with van der Waals surface area (Å²) in [5.74, 6) is -1.60. The summed E-state index contributed by atoms with van der Waals surface area (Å²) in [4.78, 5) is 28.5. The van der Waals surface area contributed by atoms with Crippen LogP contribution in [0.3, 0.4) is 0 Å². The normalized spacial score (nSPS) is 18.5. The molecule has 2 heterocycles. The van der Waals surface area contributed by atoms with Crippen molar-refractivity contribution in [3.05, 3.63) is 29.6 Å². The lowest BCUT2D eigenvalue weighted by Crippen LogP contribution is -2.43. The Kier molecular flexibility index (Phi) is 5.76. The van der Waals surface area contributed by atoms with Gasteiger partial charge in [0.15, 0.2) is 0 Å². The van der Waals surface area contributed by atoms with E-state index in [-0.39, 0.29) is 17.7 Å². The number of rotatable bonds is 5. The molecule has 1 aromatic rings. The summed E-state index contributed by atoms with van der Waals surface area (Å²) in [6.45, 7) is 0.176. The van der Waals surface area contributed by atoms with Gasteiger partial charge < -0.3 is 14.7 Å². The molecule has 1 fully saturated rings. The number of amides is 1. The summed E-state index contributed by atoms with van der Waals surface area (Å²) in [5.41, 5.74) is 0.0293. The van der Waals surface area contributed by atoms with Gasteiger partial charge in [0.25, 0.3) is 5.91 Å². The largest absolute Gasteiger partial charge is 0.478 e. The number of nitrogens with zero attached hydrogens (tertiary/aromatic N) is 2. The molecule has 1 aromatic heterocycles. The fraction of sp³-hybridized carbons (Fsp3) is 0.533. The number of likely N-dealkylation sites (tertiary alicyclic amines) is 1. The van der Waals surface area contributed by atoms with E-state index in [1.165, 1.54) is 17.2 Å². The summed E-state index contributed by atoms with van der Waals surface area (Å²) >= 11 is 0. The Morgan fingerprint density at radius 1 is 1.33 bits per heavy atom. The summed E-state index contributed by atoms with van der Waals surface area (Å²) in [5, 5.41) is 8.93. The van der Waals surface area contributed by atoms with Gasteiger partial charge in [0.1, 0.15) is 0 Å². The van der Waals surface area contributed by atoms with Crippen molar-refractivity contribution in [1.82, 2.24) is 9.88 Å². The van der Waals surface area contributed by atoms with Crippen LogP contribution in [0.25, 0.3) is 0 Å². The number of aromatic carboxylic acids is 1. The van der Waals surface area contributed by atoms with Gasteiger partial charge >= 0.3 is 12.1 Å². The monoisotopic (exact) mass is 346 g/mol. The zero-order valence-electron chi connectivity index (χ0n) is 12.8. The van der Waals surface area contributed by atoms with Crippen LogP contribution >= 0.6 is 0 Å². The number of hydrogen-bond acceptors (Lipinski definition) is 4. The van der Waals surface area contributed by atoms with Gasteiger partial charge in [-0.15, -0.1) is 0 Å². The van der Waals surface area contributed by atoms with Crippen LogP contribution < -0.4 is 0 Å². The second-order valence-corrected chi connectivity index (χ2v) is 5.52. The number of ether oxygens (including phenoxy) is 1. The predicted molar refractivity (Wildman–Crippen MR) is 76.7 cm³/mol. The highest BCUT2D eigenvalue weighted by Crippen LogP contribution is 2.21. The van der Waals surface area contributed by atoms with Crippen LogP contribution in [-0.4, -0.2) is 58.8 Å². The highest BCUT2D eigenvalue weighted by molar-refractivity contribution is 5.97. The molecule has 9 heteroatoms. The number of carbonyl (C=O) groups is 2. The molecular formula is C15H17F3N2O4. The minimum Gasteiger partial charge on any atom is -0.478 e. The average molecular weight is 346 g/mol. The van der Waals surface area contributed by atoms with Crippen molar-refractivity contribution in [3.8, 4) is 0 Å². The number of alkyl halides is 3. The van der Waals surface area contributed by atoms with E-state index in [9.17, 15) is 22.8 Å². The van der Waals surface area contributed by atoms with Crippen LogP contribution in [0.1, 0.15) is 40.0 Å². The SMILES string of the molecule is O=C(O)c1cncc(C(=O)N2CCCC(OCCC(F)(F)F)C2)c1. The Balaban J connectivity index is 1.95. The fourth-order valence-electron chi connectivity index (χ4n) is 2.46. The van der Waals surface area contributed by atoms with Crippen molar-refractivity contribution < 1.29 is 32.6 Å². The lowest BCUT2D eigenvalue weighted by Gasteiger charge is -2.32. The standard InChI is InChI=1S/C15H17F3N2O4/c16-15(17,18)3-5-24-12-2-1-4-20(9-12)13(21)10-6-11(14(22)23)8-19-7-10/h6-8,12H,1-5,9H2,(H,22,23). The van der Waals surface area contributed by atoms with Gasteiger partial charge in [0.05, 0.1) is 30.3 Å². The topological polar surface area (TPSA) is 79.7 Å². The number of hydrogen-bond donors (Lipinski definition) is 1. The first-order chi connectivity index (χ1) is 11.3. The van der Waals surface area contributed by atoms with Gasteiger partial charge in [0, 0.05) is 25.5 Å². The lowest BCUT2D eigenvalue weighted by atomic mass is 10.1. The number of carboxylic acids is 1. The Morgan fingerprint density at radius 3 is 2.71 bits per heavy atom. The predicted octanol–water partition coefficient (Wildman–Crippen LogP) is 2.35. The third kappa shape index (κ3) is 5.19. The van der Waals surface area contributed by atoms with Crippen LogP contribution in [0.5, 0.6) is 0 Å². The first kappa shape index (κ1) is 18.2. The fourth-order valence-corrected chi connectivity index (χ4v) is 2.46. The van der Waals surface area contributed by atoms with Gasteiger partial charge in [-0.05, 0) is 18.9 Å². The van der Waals surface area contributed by atoms with E-state index in [0.717, 1.165) is 6.20 Å². The highest BCUT2D eigenvalue weighted by atomic mass is 19.4. The third-order valence-corrected chi connectivity index (χ3v) is 3.64. The minimum atomic E-state index is -4.27. The second kappa shape index (κ2) is 7.61. The minimum absolute atomic E-state index is 0.101. The molecular weight excluding hydrogens is 329 g/mol. The first-order valence-corrected chi connectivity index (χ1v) is 7.42. The van der Waals surface area contributed by atoms with Crippen LogP contribution in [0.15, 0.2) is 18.5 Å². The van der Waals surface area contributed by atoms with Crippen molar-refractivity contribution in [2.24, 2.45) is 0 Å². The molecule has 0 aliphatic carbocycles. The van der Waals surface area contributed by atoms with Gasteiger partial charge in [0.2, 0.25) is 0 Å². The molecule has 2 rings (SSSR count). The van der Waals surface area contributed by atoms with Crippen molar-refractivity contribution in [3.63, 3.8) is 0 Å². The van der Waals surface area contributed by atoms with Gasteiger partial charge in [-0.1, -0.05) is 0 Å². The highest BCUT2D eigenvalue weighted by Gasteiger charge is 2.29. The van der Waals surface area contributed by atoms with Crippen molar-refractivity contribution in [2.75, 3.05) is 19.7 Å². The second-order valence-electron chi connectivity index (χ2n) is 5.52. The van der Waals surface area contributed by atoms with E-state index >= 15 is 0 Å². The summed E-state index contributed by atoms with van der Waals surface area (Å²) in [7, 11) is 0. The quantitative estimate of drug-likeness (QED) is 0.885. The van der Waals surface area contributed by atoms with Crippen LogP contribution in [0.4, 0.5) is 13.2 Å². The van der Waals surface area contributed by atoms with Gasteiger partial charge in [-0.3, -0.25) is 9.78 Å². The zero-order chi connectivity index (χ0) is 17.7. The molecule has 1 aliphatic rings. The van der Waals surface area contributed by atoms with Crippen molar-refractivity contribution >= 4 is 11.9 Å². The van der Waals surface area contributed by atoms with E-state index in [2.05, 4.69) is 4.98 Å². The van der Waals surface area contributed by atoms with Gasteiger partial charge in [-0.25, -0.2) is 4.79 Å². The molecule has 0 aromatic carbocycles. The molecule has 6 nitrogen and oxygen atoms in total. The molecule has 1 amide bonds. The number of aromatic nitrogens is 1. The van der Waals surface area contributed by atoms with E-state index in [0.29, 0.717) is 19.4 Å². The molecule has 24 heavy (non-hydrogen) atoms. The molecule has 0 saturated carbocycles. The van der Waals surface area contributed by atoms with Gasteiger partial charge in [-0.2, -0.15) is 13.2 Å². The van der Waals surface area contributed by atoms with E-state index in [4.69, 9.17) is 9.84 Å². The Labute approximate surface area is 136 Å². The molecule has 0 spiro atoms. The molecule has 1 N–H and O–H groups in total. The number of carboxylic acid groups (broad SMARTS) is 1. The van der Waals surface area contributed by atoms with Crippen LogP contribution in [-0.2, 0) is 4.74 Å². The summed E-state index contributed by atoms with van der Waals surface area (Å²) in [6, 6.07) is 1.23. The smallest absolute Gasteiger partial charge is 0.391 e. The maximum absolute atomic E-state index is 12.4. The molecule has 1 unspecified atom stereocenters. The van der Waals surface area contributed by atoms with E-state index in [1.54, 1.807) is 0 Å². The molecule has 132 valence electrons. The number of pyridine rings is 1. The van der Waals surface area contributed by atoms with Crippen molar-refractivity contribution in [1.29, 1.82) is 0 Å². The molecule has 1 atom stereocenters. The Bertz CT molecular complexity index is 607. The molecule has 0 bridgehead atoms. The maximum atomic E-state index is 12.4.